The second-order valence-corrected chi connectivity index (χ2v) is 4.21. The monoisotopic (exact) mass is 254 g/mol. The maximum Gasteiger partial charge on any atom is 0.320 e. The molecule has 18 heavy (non-hydrogen) atoms. The van der Waals surface area contributed by atoms with Crippen molar-refractivity contribution in [3.05, 3.63) is 29.8 Å². The molecule has 0 aliphatic carbocycles. The average Bonchev–Trinajstić information content (AvgIpc) is 2.35. The smallest absolute Gasteiger partial charge is 0.320 e. The molecule has 1 aromatic rings. The van der Waals surface area contributed by atoms with Gasteiger partial charge in [0.1, 0.15) is 11.9 Å². The Hall–Kier alpha value is -1.49. The maximum absolute atomic E-state index is 12.8. The van der Waals surface area contributed by atoms with Crippen LogP contribution in [0.4, 0.5) is 4.39 Å². The SMILES string of the molecule is CCCC(NC(CC)c1ccc(F)cn1)C(=O)O. The van der Waals surface area contributed by atoms with Gasteiger partial charge in [-0.15, -0.1) is 0 Å². The maximum atomic E-state index is 12.8. The first-order chi connectivity index (χ1) is 8.58. The fourth-order valence-corrected chi connectivity index (χ4v) is 1.82. The average molecular weight is 254 g/mol. The second kappa shape index (κ2) is 7.06. The second-order valence-electron chi connectivity index (χ2n) is 4.21. The Balaban J connectivity index is 2.76. The number of carboxylic acids is 1. The van der Waals surface area contributed by atoms with Crippen molar-refractivity contribution in [3.8, 4) is 0 Å². The third kappa shape index (κ3) is 4.07. The Labute approximate surface area is 106 Å². The van der Waals surface area contributed by atoms with Crippen LogP contribution in [0.25, 0.3) is 0 Å². The van der Waals surface area contributed by atoms with Crippen LogP contribution < -0.4 is 5.32 Å². The molecule has 5 heteroatoms. The molecular weight excluding hydrogens is 235 g/mol. The lowest BCUT2D eigenvalue weighted by molar-refractivity contribution is -0.139. The lowest BCUT2D eigenvalue weighted by Crippen LogP contribution is -2.39. The zero-order valence-electron chi connectivity index (χ0n) is 10.7. The van der Waals surface area contributed by atoms with Crippen molar-refractivity contribution in [1.29, 1.82) is 0 Å². The van der Waals surface area contributed by atoms with Gasteiger partial charge in [-0.3, -0.25) is 15.1 Å². The Morgan fingerprint density at radius 2 is 2.22 bits per heavy atom. The molecule has 1 heterocycles. The summed E-state index contributed by atoms with van der Waals surface area (Å²) < 4.78 is 12.8. The minimum atomic E-state index is -0.864. The number of carboxylic acid groups (broad SMARTS) is 1. The summed E-state index contributed by atoms with van der Waals surface area (Å²) in [4.78, 5) is 15.1. The molecular formula is C13H19FN2O2. The quantitative estimate of drug-likeness (QED) is 0.784. The Kier molecular flexibility index (Phi) is 5.71. The Morgan fingerprint density at radius 1 is 1.50 bits per heavy atom. The fourth-order valence-electron chi connectivity index (χ4n) is 1.82. The van der Waals surface area contributed by atoms with Crippen LogP contribution >= 0.6 is 0 Å². The van der Waals surface area contributed by atoms with E-state index in [1.807, 2.05) is 13.8 Å². The number of halogens is 1. The van der Waals surface area contributed by atoms with Crippen molar-refractivity contribution in [1.82, 2.24) is 10.3 Å². The third-order valence-electron chi connectivity index (χ3n) is 2.79. The van der Waals surface area contributed by atoms with Crippen molar-refractivity contribution in [2.24, 2.45) is 0 Å². The summed E-state index contributed by atoms with van der Waals surface area (Å²) in [5.41, 5.74) is 0.668. The highest BCUT2D eigenvalue weighted by molar-refractivity contribution is 5.73. The first kappa shape index (κ1) is 14.6. The fraction of sp³-hybridized carbons (Fsp3) is 0.538. The van der Waals surface area contributed by atoms with E-state index in [9.17, 15) is 9.18 Å². The summed E-state index contributed by atoms with van der Waals surface area (Å²) in [6.45, 7) is 3.88. The molecule has 0 aliphatic heterocycles. The normalized spacial score (nSPS) is 14.2. The molecule has 0 bridgehead atoms. The summed E-state index contributed by atoms with van der Waals surface area (Å²) >= 11 is 0. The van der Waals surface area contributed by atoms with E-state index in [4.69, 9.17) is 5.11 Å². The number of aromatic nitrogens is 1. The van der Waals surface area contributed by atoms with E-state index in [-0.39, 0.29) is 6.04 Å². The molecule has 0 aliphatic rings. The van der Waals surface area contributed by atoms with Gasteiger partial charge in [-0.25, -0.2) is 4.39 Å². The van der Waals surface area contributed by atoms with E-state index >= 15 is 0 Å². The molecule has 2 atom stereocenters. The molecule has 1 aromatic heterocycles. The molecule has 2 unspecified atom stereocenters. The molecule has 0 spiro atoms. The van der Waals surface area contributed by atoms with Crippen LogP contribution in [0.2, 0.25) is 0 Å². The van der Waals surface area contributed by atoms with Gasteiger partial charge >= 0.3 is 5.97 Å². The molecule has 0 radical (unpaired) electrons. The van der Waals surface area contributed by atoms with Crippen LogP contribution in [0.15, 0.2) is 18.3 Å². The van der Waals surface area contributed by atoms with E-state index in [1.54, 1.807) is 6.07 Å². The van der Waals surface area contributed by atoms with Gasteiger partial charge in [-0.05, 0) is 25.0 Å². The molecule has 1 rings (SSSR count). The number of hydrogen-bond acceptors (Lipinski definition) is 3. The zero-order valence-corrected chi connectivity index (χ0v) is 10.7. The summed E-state index contributed by atoms with van der Waals surface area (Å²) in [6.07, 6.45) is 3.20. The molecule has 100 valence electrons. The number of pyridine rings is 1. The van der Waals surface area contributed by atoms with Crippen LogP contribution in [-0.2, 0) is 4.79 Å². The number of nitrogens with one attached hydrogen (secondary N) is 1. The zero-order chi connectivity index (χ0) is 13.5. The number of hydrogen-bond donors (Lipinski definition) is 2. The van der Waals surface area contributed by atoms with Crippen molar-refractivity contribution in [3.63, 3.8) is 0 Å². The van der Waals surface area contributed by atoms with E-state index in [0.717, 1.165) is 12.6 Å². The van der Waals surface area contributed by atoms with E-state index in [1.165, 1.54) is 6.07 Å². The summed E-state index contributed by atoms with van der Waals surface area (Å²) in [7, 11) is 0. The first-order valence-corrected chi connectivity index (χ1v) is 6.18. The van der Waals surface area contributed by atoms with Crippen molar-refractivity contribution >= 4 is 5.97 Å². The van der Waals surface area contributed by atoms with Crippen LogP contribution in [0, 0.1) is 5.82 Å². The van der Waals surface area contributed by atoms with Crippen molar-refractivity contribution in [2.45, 2.75) is 45.2 Å². The minimum Gasteiger partial charge on any atom is -0.480 e. The van der Waals surface area contributed by atoms with Gasteiger partial charge in [-0.1, -0.05) is 20.3 Å². The molecule has 0 saturated heterocycles. The lowest BCUT2D eigenvalue weighted by atomic mass is 10.1. The third-order valence-corrected chi connectivity index (χ3v) is 2.79. The summed E-state index contributed by atoms with van der Waals surface area (Å²) in [5.74, 6) is -1.26. The Morgan fingerprint density at radius 3 is 2.67 bits per heavy atom. The van der Waals surface area contributed by atoms with Crippen LogP contribution in [0.3, 0.4) is 0 Å². The Bertz CT molecular complexity index is 381. The van der Waals surface area contributed by atoms with E-state index in [0.29, 0.717) is 18.5 Å². The van der Waals surface area contributed by atoms with Gasteiger partial charge in [0.15, 0.2) is 0 Å². The highest BCUT2D eigenvalue weighted by Crippen LogP contribution is 2.16. The molecule has 4 nitrogen and oxygen atoms in total. The highest BCUT2D eigenvalue weighted by Gasteiger charge is 2.21. The van der Waals surface area contributed by atoms with Gasteiger partial charge in [0, 0.05) is 6.04 Å². The van der Waals surface area contributed by atoms with Crippen molar-refractivity contribution in [2.75, 3.05) is 0 Å². The van der Waals surface area contributed by atoms with Gasteiger partial charge in [-0.2, -0.15) is 0 Å². The standard InChI is InChI=1S/C13H19FN2O2/c1-3-5-12(13(17)18)16-10(4-2)11-7-6-9(14)8-15-11/h6-8,10,12,16H,3-5H2,1-2H3,(H,17,18). The molecule has 2 N–H and O–H groups in total. The number of rotatable bonds is 7. The van der Waals surface area contributed by atoms with Crippen LogP contribution in [-0.4, -0.2) is 22.1 Å². The molecule has 0 fully saturated rings. The van der Waals surface area contributed by atoms with Gasteiger partial charge in [0.05, 0.1) is 11.9 Å². The van der Waals surface area contributed by atoms with Crippen LogP contribution in [0.1, 0.15) is 44.8 Å². The van der Waals surface area contributed by atoms with E-state index in [2.05, 4.69) is 10.3 Å². The summed E-state index contributed by atoms with van der Waals surface area (Å²) in [6, 6.07) is 2.16. The van der Waals surface area contributed by atoms with E-state index < -0.39 is 17.8 Å². The topological polar surface area (TPSA) is 62.2 Å². The molecule has 0 aromatic carbocycles. The van der Waals surface area contributed by atoms with Crippen LogP contribution in [0.5, 0.6) is 0 Å². The molecule has 0 saturated carbocycles. The molecule has 0 amide bonds. The highest BCUT2D eigenvalue weighted by atomic mass is 19.1. The first-order valence-electron chi connectivity index (χ1n) is 6.18. The van der Waals surface area contributed by atoms with Gasteiger partial charge in [0.25, 0.3) is 0 Å². The minimum absolute atomic E-state index is 0.168. The van der Waals surface area contributed by atoms with Crippen molar-refractivity contribution < 1.29 is 14.3 Å². The summed E-state index contributed by atoms with van der Waals surface area (Å²) in [5, 5.41) is 12.2. The lowest BCUT2D eigenvalue weighted by Gasteiger charge is -2.21. The number of carbonyl (C=O) groups is 1. The number of nitrogens with zero attached hydrogens (tertiary/aromatic N) is 1. The predicted molar refractivity (Wildman–Crippen MR) is 66.7 cm³/mol. The van der Waals surface area contributed by atoms with Gasteiger partial charge < -0.3 is 5.11 Å². The van der Waals surface area contributed by atoms with Gasteiger partial charge in [0.2, 0.25) is 0 Å². The number of aliphatic carboxylic acids is 1. The predicted octanol–water partition coefficient (Wildman–Crippen LogP) is 2.51. The largest absolute Gasteiger partial charge is 0.480 e.